The Bertz CT molecular complexity index is 48.1. The fraction of sp³-hybridized carbons (Fsp3) is 1.00. The first-order valence-electron chi connectivity index (χ1n) is 2.12. The molecule has 0 aromatic heterocycles. The van der Waals surface area contributed by atoms with Crippen LogP contribution in [-0.2, 0) is 4.43 Å². The van der Waals surface area contributed by atoms with Crippen molar-refractivity contribution >= 4 is 8.80 Å². The van der Waals surface area contributed by atoms with E-state index in [4.69, 9.17) is 9.59 Å². The van der Waals surface area contributed by atoms with E-state index < -0.39 is 8.80 Å². The summed E-state index contributed by atoms with van der Waals surface area (Å²) < 4.78 is 4.34. The van der Waals surface area contributed by atoms with Gasteiger partial charge in [0.05, 0.1) is 0 Å². The van der Waals surface area contributed by atoms with Gasteiger partial charge in [-0.2, -0.15) is 0 Å². The highest BCUT2D eigenvalue weighted by Gasteiger charge is 2.26. The van der Waals surface area contributed by atoms with Crippen molar-refractivity contribution < 1.29 is 14.0 Å². The van der Waals surface area contributed by atoms with Crippen molar-refractivity contribution in [2.45, 2.75) is 13.0 Å². The van der Waals surface area contributed by atoms with Gasteiger partial charge in [-0.25, -0.2) is 0 Å². The maximum atomic E-state index is 8.60. The molecule has 7 heavy (non-hydrogen) atoms. The van der Waals surface area contributed by atoms with E-state index in [1.165, 1.54) is 7.11 Å². The molecule has 0 heterocycles. The predicted molar refractivity (Wildman–Crippen MR) is 27.7 cm³/mol. The molecule has 0 spiro atoms. The van der Waals surface area contributed by atoms with Gasteiger partial charge in [-0.15, -0.1) is 0 Å². The molecule has 0 aromatic carbocycles. The summed E-state index contributed by atoms with van der Waals surface area (Å²) in [6.07, 6.45) is 0. The average Bonchev–Trinajstić information content (AvgIpc) is 1.68. The molecule has 0 fully saturated rings. The highest BCUT2D eigenvalue weighted by molar-refractivity contribution is 6.57. The zero-order valence-corrected chi connectivity index (χ0v) is 5.51. The minimum Gasteiger partial charge on any atom is -0.390 e. The third-order valence-corrected chi connectivity index (χ3v) is 2.36. The highest BCUT2D eigenvalue weighted by atomic mass is 28.4. The van der Waals surface area contributed by atoms with Crippen LogP contribution in [0, 0.1) is 0 Å². The van der Waals surface area contributed by atoms with Gasteiger partial charge >= 0.3 is 8.80 Å². The fourth-order valence-corrected chi connectivity index (χ4v) is 0.433. The largest absolute Gasteiger partial charge is 0.494 e. The van der Waals surface area contributed by atoms with E-state index in [1.807, 2.05) is 0 Å². The molecule has 0 saturated heterocycles. The standard InChI is InChI=1S/C3H10O3Si/c1-3-7(4,5)6-2/h4-5H,3H2,1-2H3. The summed E-state index contributed by atoms with van der Waals surface area (Å²) in [4.78, 5) is 17.2. The summed E-state index contributed by atoms with van der Waals surface area (Å²) >= 11 is 0. The molecule has 0 saturated carbocycles. The van der Waals surface area contributed by atoms with Gasteiger partial charge < -0.3 is 14.0 Å². The zero-order valence-electron chi connectivity index (χ0n) is 4.51. The van der Waals surface area contributed by atoms with Crippen LogP contribution in [0.25, 0.3) is 0 Å². The molecule has 44 valence electrons. The van der Waals surface area contributed by atoms with Crippen LogP contribution in [0.15, 0.2) is 0 Å². The number of rotatable bonds is 2. The summed E-state index contributed by atoms with van der Waals surface area (Å²) in [6, 6.07) is 0.323. The van der Waals surface area contributed by atoms with Gasteiger partial charge in [0.15, 0.2) is 0 Å². The Morgan fingerprint density at radius 3 is 2.00 bits per heavy atom. The lowest BCUT2D eigenvalue weighted by atomic mass is 11.0. The molecule has 2 N–H and O–H groups in total. The molecule has 0 aliphatic carbocycles. The molecule has 0 rings (SSSR count). The van der Waals surface area contributed by atoms with Crippen molar-refractivity contribution in [1.29, 1.82) is 0 Å². The highest BCUT2D eigenvalue weighted by Crippen LogP contribution is 1.97. The quantitative estimate of drug-likeness (QED) is 0.489. The van der Waals surface area contributed by atoms with Crippen molar-refractivity contribution in [3.05, 3.63) is 0 Å². The molecule has 3 nitrogen and oxygen atoms in total. The van der Waals surface area contributed by atoms with Gasteiger partial charge in [-0.1, -0.05) is 6.92 Å². The van der Waals surface area contributed by atoms with Crippen LogP contribution in [0.3, 0.4) is 0 Å². The second-order valence-corrected chi connectivity index (χ2v) is 3.90. The number of hydrogen-bond donors (Lipinski definition) is 2. The minimum atomic E-state index is -3.15. The van der Waals surface area contributed by atoms with E-state index in [0.29, 0.717) is 6.04 Å². The summed E-state index contributed by atoms with van der Waals surface area (Å²) in [5.74, 6) is 0. The summed E-state index contributed by atoms with van der Waals surface area (Å²) in [6.45, 7) is 1.68. The molecule has 0 unspecified atom stereocenters. The van der Waals surface area contributed by atoms with E-state index in [2.05, 4.69) is 4.43 Å². The molecule has 0 atom stereocenters. The summed E-state index contributed by atoms with van der Waals surface area (Å²) in [7, 11) is -1.85. The van der Waals surface area contributed by atoms with Crippen LogP contribution in [0.5, 0.6) is 0 Å². The van der Waals surface area contributed by atoms with Crippen molar-refractivity contribution in [2.75, 3.05) is 7.11 Å². The third kappa shape index (κ3) is 2.75. The van der Waals surface area contributed by atoms with Crippen LogP contribution < -0.4 is 0 Å². The molecule has 0 radical (unpaired) electrons. The maximum absolute atomic E-state index is 8.60. The Morgan fingerprint density at radius 1 is 1.57 bits per heavy atom. The van der Waals surface area contributed by atoms with Crippen LogP contribution in [0.1, 0.15) is 6.92 Å². The van der Waals surface area contributed by atoms with Gasteiger partial charge in [-0.05, 0) is 0 Å². The van der Waals surface area contributed by atoms with Crippen molar-refractivity contribution in [1.82, 2.24) is 0 Å². The summed E-state index contributed by atoms with van der Waals surface area (Å²) in [5.41, 5.74) is 0. The molecule has 4 heteroatoms. The van der Waals surface area contributed by atoms with Gasteiger partial charge in [0.2, 0.25) is 0 Å². The van der Waals surface area contributed by atoms with E-state index in [-0.39, 0.29) is 0 Å². The van der Waals surface area contributed by atoms with Gasteiger partial charge in [0, 0.05) is 13.2 Å². The van der Waals surface area contributed by atoms with Gasteiger partial charge in [-0.3, -0.25) is 0 Å². The first-order valence-corrected chi connectivity index (χ1v) is 4.13. The van der Waals surface area contributed by atoms with Crippen molar-refractivity contribution in [3.63, 3.8) is 0 Å². The fourth-order valence-electron chi connectivity index (χ4n) is 0.144. The number of hydrogen-bond acceptors (Lipinski definition) is 3. The molecule has 0 bridgehead atoms. The Morgan fingerprint density at radius 2 is 2.00 bits per heavy atom. The van der Waals surface area contributed by atoms with Crippen LogP contribution in [-0.4, -0.2) is 25.5 Å². The normalized spacial score (nSPS) is 12.0. The topological polar surface area (TPSA) is 49.7 Å². The molecular formula is C3H10O3Si. The third-order valence-electron chi connectivity index (χ3n) is 0.787. The lowest BCUT2D eigenvalue weighted by Crippen LogP contribution is -2.36. The van der Waals surface area contributed by atoms with E-state index in [9.17, 15) is 0 Å². The zero-order chi connectivity index (χ0) is 5.91. The van der Waals surface area contributed by atoms with Gasteiger partial charge in [0.1, 0.15) is 0 Å². The summed E-state index contributed by atoms with van der Waals surface area (Å²) in [5, 5.41) is 0. The van der Waals surface area contributed by atoms with Crippen molar-refractivity contribution in [3.8, 4) is 0 Å². The molecule has 0 aromatic rings. The Labute approximate surface area is 43.9 Å². The Kier molecular flexibility index (Phi) is 2.45. The Hall–Kier alpha value is 0.0969. The average molecular weight is 122 g/mol. The lowest BCUT2D eigenvalue weighted by Gasteiger charge is -2.09. The molecule has 0 aliphatic heterocycles. The molecule has 0 aliphatic rings. The molecular weight excluding hydrogens is 112 g/mol. The lowest BCUT2D eigenvalue weighted by molar-refractivity contribution is 0.186. The first kappa shape index (κ1) is 7.10. The second kappa shape index (κ2) is 2.42. The minimum absolute atomic E-state index is 0.323. The monoisotopic (exact) mass is 122 g/mol. The maximum Gasteiger partial charge on any atom is 0.494 e. The van der Waals surface area contributed by atoms with Gasteiger partial charge in [0.25, 0.3) is 0 Å². The first-order chi connectivity index (χ1) is 3.12. The Balaban J connectivity index is 3.36. The van der Waals surface area contributed by atoms with E-state index in [0.717, 1.165) is 0 Å². The van der Waals surface area contributed by atoms with Crippen LogP contribution in [0.4, 0.5) is 0 Å². The molecule has 0 amide bonds. The van der Waals surface area contributed by atoms with Crippen LogP contribution >= 0.6 is 0 Å². The van der Waals surface area contributed by atoms with E-state index >= 15 is 0 Å². The predicted octanol–water partition coefficient (Wildman–Crippen LogP) is -0.424. The van der Waals surface area contributed by atoms with Crippen LogP contribution in [0.2, 0.25) is 6.04 Å². The smallest absolute Gasteiger partial charge is 0.390 e. The second-order valence-electron chi connectivity index (χ2n) is 1.30. The van der Waals surface area contributed by atoms with Crippen molar-refractivity contribution in [2.24, 2.45) is 0 Å². The SMILES string of the molecule is CC[Si](O)(O)OC. The van der Waals surface area contributed by atoms with E-state index in [1.54, 1.807) is 6.92 Å².